The van der Waals surface area contributed by atoms with Gasteiger partial charge in [0.1, 0.15) is 0 Å². The fourth-order valence-corrected chi connectivity index (χ4v) is 4.76. The molecule has 8 heteroatoms. The van der Waals surface area contributed by atoms with E-state index in [1.807, 2.05) is 6.92 Å². The summed E-state index contributed by atoms with van der Waals surface area (Å²) in [5.74, 6) is 0. The van der Waals surface area contributed by atoms with E-state index < -0.39 is 20.0 Å². The lowest BCUT2D eigenvalue weighted by molar-refractivity contribution is 0.599. The molecule has 0 saturated heterocycles. The topological polar surface area (TPSA) is 92.3 Å². The normalized spacial score (nSPS) is 12.0. The van der Waals surface area contributed by atoms with Crippen molar-refractivity contribution in [1.82, 2.24) is 0 Å². The monoisotopic (exact) mass is 368 g/mol. The van der Waals surface area contributed by atoms with E-state index in [0.717, 1.165) is 11.8 Å². The van der Waals surface area contributed by atoms with Crippen molar-refractivity contribution >= 4 is 31.4 Å². The first-order chi connectivity index (χ1) is 11.0. The molecular formula is C16H20N2O4S2. The second-order valence-corrected chi connectivity index (χ2v) is 9.12. The number of sulfonamides is 2. The van der Waals surface area contributed by atoms with Crippen LogP contribution in [0.4, 0.5) is 11.4 Å². The summed E-state index contributed by atoms with van der Waals surface area (Å²) in [4.78, 5) is 0.197. The number of nitrogens with one attached hydrogen (secondary N) is 2. The maximum absolute atomic E-state index is 12.8. The van der Waals surface area contributed by atoms with E-state index >= 15 is 0 Å². The largest absolute Gasteiger partial charge is 0.282 e. The van der Waals surface area contributed by atoms with Crippen molar-refractivity contribution in [2.45, 2.75) is 25.7 Å². The molecule has 0 aliphatic carbocycles. The Hall–Kier alpha value is -2.06. The lowest BCUT2D eigenvalue weighted by atomic mass is 10.1. The van der Waals surface area contributed by atoms with Crippen LogP contribution in [0.15, 0.2) is 41.3 Å². The van der Waals surface area contributed by atoms with E-state index in [4.69, 9.17) is 0 Å². The predicted octanol–water partition coefficient (Wildman–Crippen LogP) is 2.78. The van der Waals surface area contributed by atoms with Crippen LogP contribution in [0.3, 0.4) is 0 Å². The van der Waals surface area contributed by atoms with Crippen molar-refractivity contribution in [3.05, 3.63) is 53.1 Å². The van der Waals surface area contributed by atoms with Gasteiger partial charge in [-0.3, -0.25) is 9.44 Å². The molecule has 0 saturated carbocycles. The Kier molecular flexibility index (Phi) is 4.91. The smallest absolute Gasteiger partial charge is 0.262 e. The molecule has 6 nitrogen and oxygen atoms in total. The van der Waals surface area contributed by atoms with Gasteiger partial charge in [0, 0.05) is 0 Å². The van der Waals surface area contributed by atoms with E-state index in [9.17, 15) is 16.8 Å². The van der Waals surface area contributed by atoms with E-state index in [0.29, 0.717) is 11.1 Å². The molecule has 0 heterocycles. The zero-order chi connectivity index (χ0) is 18.1. The van der Waals surface area contributed by atoms with Crippen LogP contribution in [-0.4, -0.2) is 23.1 Å². The molecule has 2 aromatic rings. The summed E-state index contributed by atoms with van der Waals surface area (Å²) < 4.78 is 53.2. The second kappa shape index (κ2) is 6.45. The third kappa shape index (κ3) is 4.27. The van der Waals surface area contributed by atoms with Gasteiger partial charge in [-0.05, 0) is 44.0 Å². The van der Waals surface area contributed by atoms with Gasteiger partial charge in [-0.2, -0.15) is 0 Å². The predicted molar refractivity (Wildman–Crippen MR) is 96.4 cm³/mol. The summed E-state index contributed by atoms with van der Waals surface area (Å²) in [6.07, 6.45) is 1.01. The summed E-state index contributed by atoms with van der Waals surface area (Å²) in [5.41, 5.74) is 2.58. The van der Waals surface area contributed by atoms with Crippen molar-refractivity contribution in [2.24, 2.45) is 0 Å². The average Bonchev–Trinajstić information content (AvgIpc) is 2.37. The zero-order valence-corrected chi connectivity index (χ0v) is 15.5. The lowest BCUT2D eigenvalue weighted by Gasteiger charge is -2.16. The molecule has 130 valence electrons. The molecule has 0 radical (unpaired) electrons. The second-order valence-electron chi connectivity index (χ2n) is 5.75. The maximum Gasteiger partial charge on any atom is 0.262 e. The zero-order valence-electron chi connectivity index (χ0n) is 13.9. The molecule has 24 heavy (non-hydrogen) atoms. The molecule has 0 aromatic heterocycles. The molecule has 0 bridgehead atoms. The van der Waals surface area contributed by atoms with Crippen molar-refractivity contribution < 1.29 is 16.8 Å². The summed E-state index contributed by atoms with van der Waals surface area (Å²) in [6, 6.07) is 9.83. The highest BCUT2D eigenvalue weighted by Gasteiger charge is 2.21. The highest BCUT2D eigenvalue weighted by molar-refractivity contribution is 7.93. The van der Waals surface area contributed by atoms with Gasteiger partial charge in [-0.1, -0.05) is 29.8 Å². The summed E-state index contributed by atoms with van der Waals surface area (Å²) in [7, 11) is -7.38. The molecule has 0 unspecified atom stereocenters. The first-order valence-corrected chi connectivity index (χ1v) is 10.5. The fourth-order valence-electron chi connectivity index (χ4n) is 2.65. The van der Waals surface area contributed by atoms with Gasteiger partial charge in [0.25, 0.3) is 10.0 Å². The fraction of sp³-hybridized carbons (Fsp3) is 0.250. The van der Waals surface area contributed by atoms with Crippen molar-refractivity contribution in [2.75, 3.05) is 15.7 Å². The first kappa shape index (κ1) is 18.3. The SMILES string of the molecule is Cc1cc(C)c(S(=O)(=O)Nc2ccccc2NS(C)(=O)=O)c(C)c1. The molecule has 2 aromatic carbocycles. The number of rotatable bonds is 5. The molecule has 0 atom stereocenters. The number of anilines is 2. The highest BCUT2D eigenvalue weighted by Crippen LogP contribution is 2.28. The minimum absolute atomic E-state index is 0.169. The standard InChI is InChI=1S/C16H20N2O4S2/c1-11-9-12(2)16(13(3)10-11)24(21,22)18-15-8-6-5-7-14(15)17-23(4,19)20/h5-10,17-18H,1-4H3. The van der Waals surface area contributed by atoms with Gasteiger partial charge in [0.2, 0.25) is 10.0 Å². The number of hydrogen-bond acceptors (Lipinski definition) is 4. The molecule has 2 N–H and O–H groups in total. The van der Waals surface area contributed by atoms with Gasteiger partial charge >= 0.3 is 0 Å². The average molecular weight is 368 g/mol. The van der Waals surface area contributed by atoms with Crippen LogP contribution >= 0.6 is 0 Å². The molecule has 0 fully saturated rings. The highest BCUT2D eigenvalue weighted by atomic mass is 32.2. The van der Waals surface area contributed by atoms with Crippen LogP contribution in [0.1, 0.15) is 16.7 Å². The van der Waals surface area contributed by atoms with Crippen LogP contribution in [0.5, 0.6) is 0 Å². The Morgan fingerprint density at radius 2 is 1.25 bits per heavy atom. The quantitative estimate of drug-likeness (QED) is 0.849. The molecule has 2 rings (SSSR count). The third-order valence-corrected chi connectivity index (χ3v) is 5.60. The Bertz CT molecular complexity index is 958. The van der Waals surface area contributed by atoms with Crippen LogP contribution in [0.2, 0.25) is 0 Å². The van der Waals surface area contributed by atoms with Crippen molar-refractivity contribution in [3.8, 4) is 0 Å². The summed E-state index contributed by atoms with van der Waals surface area (Å²) in [6.45, 7) is 5.36. The number of hydrogen-bond donors (Lipinski definition) is 2. The molecule has 0 aliphatic heterocycles. The van der Waals surface area contributed by atoms with Crippen LogP contribution < -0.4 is 9.44 Å². The van der Waals surface area contributed by atoms with Gasteiger partial charge in [-0.15, -0.1) is 0 Å². The molecule has 0 amide bonds. The van der Waals surface area contributed by atoms with Crippen LogP contribution in [-0.2, 0) is 20.0 Å². The van der Waals surface area contributed by atoms with E-state index in [1.54, 1.807) is 38.1 Å². The van der Waals surface area contributed by atoms with E-state index in [1.165, 1.54) is 12.1 Å². The minimum atomic E-state index is -3.85. The van der Waals surface area contributed by atoms with Crippen molar-refractivity contribution in [3.63, 3.8) is 0 Å². The van der Waals surface area contributed by atoms with Gasteiger partial charge in [-0.25, -0.2) is 16.8 Å². The Labute approximate surface area is 143 Å². The Morgan fingerprint density at radius 1 is 0.792 bits per heavy atom. The number of para-hydroxylation sites is 2. The number of benzene rings is 2. The minimum Gasteiger partial charge on any atom is -0.282 e. The van der Waals surface area contributed by atoms with Gasteiger partial charge in [0.15, 0.2) is 0 Å². The van der Waals surface area contributed by atoms with Crippen molar-refractivity contribution in [1.29, 1.82) is 0 Å². The molecule has 0 spiro atoms. The Balaban J connectivity index is 2.49. The Morgan fingerprint density at radius 3 is 1.71 bits per heavy atom. The third-order valence-electron chi connectivity index (χ3n) is 3.34. The van der Waals surface area contributed by atoms with Gasteiger partial charge < -0.3 is 0 Å². The first-order valence-electron chi connectivity index (χ1n) is 7.17. The lowest BCUT2D eigenvalue weighted by Crippen LogP contribution is -2.18. The number of aryl methyl sites for hydroxylation is 3. The maximum atomic E-state index is 12.8. The van der Waals surface area contributed by atoms with Crippen LogP contribution in [0.25, 0.3) is 0 Å². The molecule has 0 aliphatic rings. The van der Waals surface area contributed by atoms with Gasteiger partial charge in [0.05, 0.1) is 22.5 Å². The van der Waals surface area contributed by atoms with Crippen LogP contribution in [0, 0.1) is 20.8 Å². The van der Waals surface area contributed by atoms with E-state index in [-0.39, 0.29) is 16.3 Å². The summed E-state index contributed by atoms with van der Waals surface area (Å²) >= 11 is 0. The summed E-state index contributed by atoms with van der Waals surface area (Å²) in [5, 5.41) is 0. The van der Waals surface area contributed by atoms with E-state index in [2.05, 4.69) is 9.44 Å². The molecular weight excluding hydrogens is 348 g/mol.